The molecule has 0 spiro atoms. The standard InChI is InChI=1S/C20H16O4/c1-12(21)20-11-14(13-7-4-3-5-8-13)18(20)17-15(23-2)9-6-10-16(17)24-19(20)22/h3-11,18H,1-2H3/t18-,20+/m0/s1. The Bertz CT molecular complexity index is 882. The molecule has 0 radical (unpaired) electrons. The maximum Gasteiger partial charge on any atom is 0.329 e. The molecule has 2 aliphatic rings. The Morgan fingerprint density at radius 1 is 1.12 bits per heavy atom. The summed E-state index contributed by atoms with van der Waals surface area (Å²) in [5.74, 6) is -0.0288. The Labute approximate surface area is 139 Å². The van der Waals surface area contributed by atoms with Gasteiger partial charge in [-0.3, -0.25) is 9.59 Å². The number of esters is 1. The number of ether oxygens (including phenoxy) is 2. The van der Waals surface area contributed by atoms with Gasteiger partial charge in [-0.05, 0) is 30.2 Å². The fraction of sp³-hybridized carbons (Fsp3) is 0.200. The number of rotatable bonds is 3. The van der Waals surface area contributed by atoms with Crippen LogP contribution in [0.15, 0.2) is 54.6 Å². The van der Waals surface area contributed by atoms with Crippen molar-refractivity contribution in [3.05, 3.63) is 65.7 Å². The van der Waals surface area contributed by atoms with Gasteiger partial charge in [0.1, 0.15) is 11.5 Å². The van der Waals surface area contributed by atoms with Crippen LogP contribution in [0.2, 0.25) is 0 Å². The first-order valence-electron chi connectivity index (χ1n) is 7.78. The maximum atomic E-state index is 12.6. The van der Waals surface area contributed by atoms with Crippen molar-refractivity contribution in [2.75, 3.05) is 7.11 Å². The lowest BCUT2D eigenvalue weighted by Gasteiger charge is -2.47. The monoisotopic (exact) mass is 320 g/mol. The predicted molar refractivity (Wildman–Crippen MR) is 88.9 cm³/mol. The number of allylic oxidation sites excluding steroid dienone is 1. The summed E-state index contributed by atoms with van der Waals surface area (Å²) in [4.78, 5) is 25.0. The summed E-state index contributed by atoms with van der Waals surface area (Å²) < 4.78 is 11.0. The van der Waals surface area contributed by atoms with Gasteiger partial charge in [0.2, 0.25) is 0 Å². The van der Waals surface area contributed by atoms with Gasteiger partial charge in [0, 0.05) is 11.5 Å². The van der Waals surface area contributed by atoms with E-state index < -0.39 is 11.4 Å². The van der Waals surface area contributed by atoms with Crippen LogP contribution < -0.4 is 9.47 Å². The molecule has 1 aliphatic heterocycles. The number of Topliss-reactive ketones (excluding diaryl/α,β-unsaturated/α-hetero) is 1. The normalized spacial score (nSPS) is 24.0. The van der Waals surface area contributed by atoms with E-state index in [-0.39, 0.29) is 11.7 Å². The molecule has 0 aromatic heterocycles. The Hall–Kier alpha value is -2.88. The highest BCUT2D eigenvalue weighted by Crippen LogP contribution is 2.62. The number of carbonyl (C=O) groups excluding carboxylic acids is 2. The number of carbonyl (C=O) groups is 2. The number of benzene rings is 2. The van der Waals surface area contributed by atoms with Crippen molar-refractivity contribution < 1.29 is 19.1 Å². The minimum Gasteiger partial charge on any atom is -0.496 e. The molecule has 24 heavy (non-hydrogen) atoms. The minimum absolute atomic E-state index is 0.214. The van der Waals surface area contributed by atoms with Gasteiger partial charge in [-0.15, -0.1) is 0 Å². The van der Waals surface area contributed by atoms with Crippen LogP contribution in [0.3, 0.4) is 0 Å². The van der Waals surface area contributed by atoms with Gasteiger partial charge in [0.05, 0.1) is 7.11 Å². The molecule has 0 bridgehead atoms. The molecular formula is C20H16O4. The van der Waals surface area contributed by atoms with E-state index in [0.717, 1.165) is 16.7 Å². The first-order chi connectivity index (χ1) is 11.6. The summed E-state index contributed by atoms with van der Waals surface area (Å²) in [5.41, 5.74) is 1.45. The summed E-state index contributed by atoms with van der Waals surface area (Å²) in [6, 6.07) is 15.1. The highest BCUT2D eigenvalue weighted by Gasteiger charge is 2.62. The smallest absolute Gasteiger partial charge is 0.329 e. The van der Waals surface area contributed by atoms with Gasteiger partial charge in [-0.25, -0.2) is 0 Å². The number of hydrogen-bond donors (Lipinski definition) is 0. The van der Waals surface area contributed by atoms with Crippen molar-refractivity contribution in [1.82, 2.24) is 0 Å². The van der Waals surface area contributed by atoms with Gasteiger partial charge in [0.15, 0.2) is 11.2 Å². The Morgan fingerprint density at radius 2 is 1.88 bits per heavy atom. The van der Waals surface area contributed by atoms with Crippen molar-refractivity contribution in [3.63, 3.8) is 0 Å². The second kappa shape index (κ2) is 5.06. The molecule has 0 unspecified atom stereocenters. The highest BCUT2D eigenvalue weighted by molar-refractivity contribution is 6.15. The van der Waals surface area contributed by atoms with Crippen molar-refractivity contribution in [1.29, 1.82) is 0 Å². The zero-order chi connectivity index (χ0) is 16.9. The first-order valence-corrected chi connectivity index (χ1v) is 7.78. The van der Waals surface area contributed by atoms with Crippen LogP contribution in [0.4, 0.5) is 0 Å². The van der Waals surface area contributed by atoms with Gasteiger partial charge in [0.25, 0.3) is 0 Å². The molecule has 0 saturated carbocycles. The van der Waals surface area contributed by atoms with E-state index in [9.17, 15) is 9.59 Å². The second-order valence-electron chi connectivity index (χ2n) is 6.09. The molecule has 1 heterocycles. The van der Waals surface area contributed by atoms with Gasteiger partial charge < -0.3 is 9.47 Å². The Morgan fingerprint density at radius 3 is 2.54 bits per heavy atom. The van der Waals surface area contributed by atoms with Crippen LogP contribution in [0.5, 0.6) is 11.5 Å². The number of ketones is 1. The molecule has 120 valence electrons. The van der Waals surface area contributed by atoms with Crippen molar-refractivity contribution in [2.45, 2.75) is 12.8 Å². The SMILES string of the molecule is COc1cccc2c1[C@@H]1C(c3ccccc3)=C[C@]1(C(C)=O)C(=O)O2. The lowest BCUT2D eigenvalue weighted by Crippen LogP contribution is -2.52. The highest BCUT2D eigenvalue weighted by atomic mass is 16.5. The van der Waals surface area contributed by atoms with Crippen molar-refractivity contribution in [3.8, 4) is 11.5 Å². The molecule has 2 atom stereocenters. The number of fused-ring (bicyclic) bond motifs is 3. The lowest BCUT2D eigenvalue weighted by atomic mass is 9.55. The molecule has 0 fully saturated rings. The average molecular weight is 320 g/mol. The Kier molecular flexibility index (Phi) is 3.10. The number of methoxy groups -OCH3 is 1. The van der Waals surface area contributed by atoms with Crippen LogP contribution in [0.25, 0.3) is 5.57 Å². The second-order valence-corrected chi connectivity index (χ2v) is 6.09. The van der Waals surface area contributed by atoms with E-state index in [1.807, 2.05) is 36.4 Å². The van der Waals surface area contributed by atoms with E-state index in [2.05, 4.69) is 0 Å². The maximum absolute atomic E-state index is 12.6. The first kappa shape index (κ1) is 14.7. The molecule has 4 nitrogen and oxygen atoms in total. The fourth-order valence-electron chi connectivity index (χ4n) is 3.71. The fourth-order valence-corrected chi connectivity index (χ4v) is 3.71. The van der Waals surface area contributed by atoms with Gasteiger partial charge in [-0.2, -0.15) is 0 Å². The topological polar surface area (TPSA) is 52.6 Å². The van der Waals surface area contributed by atoms with E-state index in [1.54, 1.807) is 25.3 Å². The lowest BCUT2D eigenvalue weighted by molar-refractivity contribution is -0.151. The summed E-state index contributed by atoms with van der Waals surface area (Å²) >= 11 is 0. The molecular weight excluding hydrogens is 304 g/mol. The van der Waals surface area contributed by atoms with Gasteiger partial charge >= 0.3 is 5.97 Å². The predicted octanol–water partition coefficient (Wildman–Crippen LogP) is 3.37. The third kappa shape index (κ3) is 1.74. The largest absolute Gasteiger partial charge is 0.496 e. The molecule has 2 aromatic rings. The van der Waals surface area contributed by atoms with Crippen LogP contribution in [0, 0.1) is 5.41 Å². The molecule has 1 aliphatic carbocycles. The zero-order valence-corrected chi connectivity index (χ0v) is 13.4. The van der Waals surface area contributed by atoms with Crippen molar-refractivity contribution >= 4 is 17.3 Å². The molecule has 4 heteroatoms. The van der Waals surface area contributed by atoms with Crippen molar-refractivity contribution in [2.24, 2.45) is 5.41 Å². The molecule has 2 aromatic carbocycles. The quantitative estimate of drug-likeness (QED) is 0.494. The third-order valence-electron chi connectivity index (χ3n) is 4.91. The van der Waals surface area contributed by atoms with Crippen LogP contribution in [-0.4, -0.2) is 18.9 Å². The van der Waals surface area contributed by atoms with Crippen LogP contribution >= 0.6 is 0 Å². The van der Waals surface area contributed by atoms with Crippen LogP contribution in [0.1, 0.15) is 24.0 Å². The summed E-state index contributed by atoms with van der Waals surface area (Å²) in [5, 5.41) is 0. The minimum atomic E-state index is -1.26. The average Bonchev–Trinajstić information content (AvgIpc) is 2.55. The van der Waals surface area contributed by atoms with E-state index in [1.165, 1.54) is 6.92 Å². The summed E-state index contributed by atoms with van der Waals surface area (Å²) in [6.07, 6.45) is 1.74. The molecule has 0 N–H and O–H groups in total. The Balaban J connectivity index is 1.98. The van der Waals surface area contributed by atoms with Gasteiger partial charge in [-0.1, -0.05) is 42.5 Å². The van der Waals surface area contributed by atoms with E-state index in [0.29, 0.717) is 11.5 Å². The zero-order valence-electron chi connectivity index (χ0n) is 13.4. The molecule has 0 saturated heterocycles. The van der Waals surface area contributed by atoms with E-state index >= 15 is 0 Å². The number of hydrogen-bond acceptors (Lipinski definition) is 4. The van der Waals surface area contributed by atoms with E-state index in [4.69, 9.17) is 9.47 Å². The molecule has 4 rings (SSSR count). The summed E-state index contributed by atoms with van der Waals surface area (Å²) in [6.45, 7) is 1.44. The van der Waals surface area contributed by atoms with Crippen LogP contribution in [-0.2, 0) is 9.59 Å². The molecule has 0 amide bonds. The summed E-state index contributed by atoms with van der Waals surface area (Å²) in [7, 11) is 1.58. The third-order valence-corrected chi connectivity index (χ3v) is 4.91.